The average molecular weight is 222 g/mol. The van der Waals surface area contributed by atoms with Crippen LogP contribution in [0.15, 0.2) is 30.3 Å². The number of rotatable bonds is 5. The van der Waals surface area contributed by atoms with Gasteiger partial charge in [0, 0.05) is 12.1 Å². The van der Waals surface area contributed by atoms with Crippen LogP contribution in [0.2, 0.25) is 0 Å². The molecule has 1 rings (SSSR count). The molecule has 0 aliphatic heterocycles. The van der Waals surface area contributed by atoms with Crippen LogP contribution in [0.1, 0.15) is 13.8 Å². The first-order valence-corrected chi connectivity index (χ1v) is 5.22. The van der Waals surface area contributed by atoms with Crippen molar-refractivity contribution in [1.82, 2.24) is 5.32 Å². The van der Waals surface area contributed by atoms with E-state index < -0.39 is 5.54 Å². The maximum atomic E-state index is 11.5. The van der Waals surface area contributed by atoms with Crippen LogP contribution in [-0.2, 0) is 4.79 Å². The van der Waals surface area contributed by atoms with Gasteiger partial charge >= 0.3 is 0 Å². The first-order chi connectivity index (χ1) is 7.53. The molecule has 3 N–H and O–H groups in total. The standard InChI is InChI=1S/C12H18N2O2/c1-12(2,9-13)14-11(15)8-16-10-6-4-3-5-7-10/h3-7H,8-9,13H2,1-2H3,(H,14,15). The van der Waals surface area contributed by atoms with E-state index in [1.54, 1.807) is 12.1 Å². The molecule has 0 aromatic heterocycles. The number of hydrogen-bond acceptors (Lipinski definition) is 3. The molecule has 4 nitrogen and oxygen atoms in total. The predicted molar refractivity (Wildman–Crippen MR) is 63.2 cm³/mol. The number of benzene rings is 1. The van der Waals surface area contributed by atoms with Crippen LogP contribution < -0.4 is 15.8 Å². The monoisotopic (exact) mass is 222 g/mol. The third kappa shape index (κ3) is 4.31. The van der Waals surface area contributed by atoms with Gasteiger partial charge in [-0.05, 0) is 26.0 Å². The molecule has 4 heteroatoms. The van der Waals surface area contributed by atoms with Gasteiger partial charge in [0.05, 0.1) is 0 Å². The number of carbonyl (C=O) groups is 1. The third-order valence-electron chi connectivity index (χ3n) is 2.10. The van der Waals surface area contributed by atoms with Crippen LogP contribution in [-0.4, -0.2) is 24.6 Å². The largest absolute Gasteiger partial charge is 0.484 e. The van der Waals surface area contributed by atoms with Crippen molar-refractivity contribution in [2.24, 2.45) is 5.73 Å². The van der Waals surface area contributed by atoms with Crippen LogP contribution >= 0.6 is 0 Å². The Bertz CT molecular complexity index is 336. The molecule has 0 spiro atoms. The minimum Gasteiger partial charge on any atom is -0.484 e. The van der Waals surface area contributed by atoms with Crippen molar-refractivity contribution < 1.29 is 9.53 Å². The Morgan fingerprint density at radius 2 is 2.00 bits per heavy atom. The highest BCUT2D eigenvalue weighted by molar-refractivity contribution is 5.78. The zero-order valence-corrected chi connectivity index (χ0v) is 9.69. The molecule has 0 atom stereocenters. The number of para-hydroxylation sites is 1. The third-order valence-corrected chi connectivity index (χ3v) is 2.10. The van der Waals surface area contributed by atoms with E-state index in [2.05, 4.69) is 5.32 Å². The van der Waals surface area contributed by atoms with Gasteiger partial charge in [-0.1, -0.05) is 18.2 Å². The Labute approximate surface area is 95.8 Å². The smallest absolute Gasteiger partial charge is 0.258 e. The number of nitrogens with two attached hydrogens (primary N) is 1. The zero-order valence-electron chi connectivity index (χ0n) is 9.69. The fourth-order valence-corrected chi connectivity index (χ4v) is 1.13. The molecule has 1 aromatic carbocycles. The molecule has 1 amide bonds. The second-order valence-electron chi connectivity index (χ2n) is 4.24. The van der Waals surface area contributed by atoms with E-state index in [0.29, 0.717) is 12.3 Å². The zero-order chi connectivity index (χ0) is 12.0. The van der Waals surface area contributed by atoms with Crippen molar-refractivity contribution >= 4 is 5.91 Å². The lowest BCUT2D eigenvalue weighted by atomic mass is 10.1. The van der Waals surface area contributed by atoms with Crippen LogP contribution in [0, 0.1) is 0 Å². The van der Waals surface area contributed by atoms with Crippen LogP contribution in [0.3, 0.4) is 0 Å². The molecule has 0 aliphatic carbocycles. The van der Waals surface area contributed by atoms with Gasteiger partial charge in [-0.15, -0.1) is 0 Å². The molecule has 1 aromatic rings. The summed E-state index contributed by atoms with van der Waals surface area (Å²) in [6, 6.07) is 9.22. The number of ether oxygens (including phenoxy) is 1. The second kappa shape index (κ2) is 5.51. The van der Waals surface area contributed by atoms with Gasteiger partial charge in [0.25, 0.3) is 5.91 Å². The molecular weight excluding hydrogens is 204 g/mol. The highest BCUT2D eigenvalue weighted by Gasteiger charge is 2.18. The SMILES string of the molecule is CC(C)(CN)NC(=O)COc1ccccc1. The Balaban J connectivity index is 2.36. The number of hydrogen-bond donors (Lipinski definition) is 2. The molecule has 0 bridgehead atoms. The lowest BCUT2D eigenvalue weighted by molar-refractivity contribution is -0.124. The molecule has 0 radical (unpaired) electrons. The van der Waals surface area contributed by atoms with Crippen molar-refractivity contribution in [2.45, 2.75) is 19.4 Å². The lowest BCUT2D eigenvalue weighted by Crippen LogP contribution is -2.50. The molecule has 0 heterocycles. The van der Waals surface area contributed by atoms with E-state index in [1.807, 2.05) is 32.0 Å². The average Bonchev–Trinajstić information content (AvgIpc) is 2.27. The van der Waals surface area contributed by atoms with Crippen molar-refractivity contribution in [3.05, 3.63) is 30.3 Å². The summed E-state index contributed by atoms with van der Waals surface area (Å²) in [5, 5.41) is 2.79. The fourth-order valence-electron chi connectivity index (χ4n) is 1.13. The van der Waals surface area contributed by atoms with E-state index >= 15 is 0 Å². The Morgan fingerprint density at radius 3 is 2.56 bits per heavy atom. The van der Waals surface area contributed by atoms with E-state index in [0.717, 1.165) is 0 Å². The lowest BCUT2D eigenvalue weighted by Gasteiger charge is -2.24. The van der Waals surface area contributed by atoms with Gasteiger partial charge in [-0.3, -0.25) is 4.79 Å². The summed E-state index contributed by atoms with van der Waals surface area (Å²) in [5.74, 6) is 0.516. The fraction of sp³-hybridized carbons (Fsp3) is 0.417. The Morgan fingerprint density at radius 1 is 1.38 bits per heavy atom. The topological polar surface area (TPSA) is 64.3 Å². The molecule has 88 valence electrons. The van der Waals surface area contributed by atoms with E-state index in [9.17, 15) is 4.79 Å². The predicted octanol–water partition coefficient (Wildman–Crippen LogP) is 0.919. The molecule has 0 saturated heterocycles. The molecule has 0 fully saturated rings. The summed E-state index contributed by atoms with van der Waals surface area (Å²) in [4.78, 5) is 11.5. The normalized spacial score (nSPS) is 10.9. The maximum Gasteiger partial charge on any atom is 0.258 e. The van der Waals surface area contributed by atoms with Crippen LogP contribution in [0.5, 0.6) is 5.75 Å². The summed E-state index contributed by atoms with van der Waals surface area (Å²) < 4.78 is 5.31. The van der Waals surface area contributed by atoms with Gasteiger partial charge in [0.1, 0.15) is 5.75 Å². The van der Waals surface area contributed by atoms with Gasteiger partial charge in [0.2, 0.25) is 0 Å². The summed E-state index contributed by atoms with van der Waals surface area (Å²) in [6.07, 6.45) is 0. The quantitative estimate of drug-likeness (QED) is 0.778. The minimum atomic E-state index is -0.392. The van der Waals surface area contributed by atoms with Crippen molar-refractivity contribution in [2.75, 3.05) is 13.2 Å². The highest BCUT2D eigenvalue weighted by Crippen LogP contribution is 2.07. The first kappa shape index (κ1) is 12.5. The Hall–Kier alpha value is -1.55. The number of nitrogens with one attached hydrogen (secondary N) is 1. The van der Waals surface area contributed by atoms with Crippen LogP contribution in [0.4, 0.5) is 0 Å². The summed E-state index contributed by atoms with van der Waals surface area (Å²) in [5.41, 5.74) is 5.11. The van der Waals surface area contributed by atoms with Crippen molar-refractivity contribution in [3.8, 4) is 5.75 Å². The van der Waals surface area contributed by atoms with E-state index in [4.69, 9.17) is 10.5 Å². The van der Waals surface area contributed by atoms with Gasteiger partial charge < -0.3 is 15.8 Å². The molecule has 16 heavy (non-hydrogen) atoms. The molecule has 0 unspecified atom stereocenters. The van der Waals surface area contributed by atoms with Gasteiger partial charge in [-0.2, -0.15) is 0 Å². The van der Waals surface area contributed by atoms with Crippen molar-refractivity contribution in [3.63, 3.8) is 0 Å². The highest BCUT2D eigenvalue weighted by atomic mass is 16.5. The first-order valence-electron chi connectivity index (χ1n) is 5.22. The molecular formula is C12H18N2O2. The summed E-state index contributed by atoms with van der Waals surface area (Å²) >= 11 is 0. The van der Waals surface area contributed by atoms with E-state index in [1.165, 1.54) is 0 Å². The van der Waals surface area contributed by atoms with Crippen LogP contribution in [0.25, 0.3) is 0 Å². The second-order valence-corrected chi connectivity index (χ2v) is 4.24. The van der Waals surface area contributed by atoms with Gasteiger partial charge in [-0.25, -0.2) is 0 Å². The molecule has 0 saturated carbocycles. The van der Waals surface area contributed by atoms with Crippen molar-refractivity contribution in [1.29, 1.82) is 0 Å². The van der Waals surface area contributed by atoms with Gasteiger partial charge in [0.15, 0.2) is 6.61 Å². The number of amides is 1. The molecule has 0 aliphatic rings. The minimum absolute atomic E-state index is 0.00738. The summed E-state index contributed by atoms with van der Waals surface area (Å²) in [6.45, 7) is 4.14. The maximum absolute atomic E-state index is 11.5. The number of carbonyl (C=O) groups excluding carboxylic acids is 1. The Kier molecular flexibility index (Phi) is 4.31. The summed E-state index contributed by atoms with van der Waals surface area (Å²) in [7, 11) is 0. The van der Waals surface area contributed by atoms with E-state index in [-0.39, 0.29) is 12.5 Å².